The molecule has 4 nitrogen and oxygen atoms in total. The first-order valence-corrected chi connectivity index (χ1v) is 8.70. The number of benzene rings is 1. The van der Waals surface area contributed by atoms with Crippen LogP contribution in [0.4, 0.5) is 0 Å². The van der Waals surface area contributed by atoms with E-state index in [1.165, 1.54) is 16.4 Å². The van der Waals surface area contributed by atoms with Gasteiger partial charge in [-0.05, 0) is 36.5 Å². The third-order valence-electron chi connectivity index (χ3n) is 3.78. The molecule has 1 aliphatic heterocycles. The van der Waals surface area contributed by atoms with Crippen LogP contribution in [0.2, 0.25) is 5.02 Å². The van der Waals surface area contributed by atoms with Crippen molar-refractivity contribution in [2.75, 3.05) is 13.1 Å². The average Bonchev–Trinajstić information content (AvgIpc) is 2.88. The van der Waals surface area contributed by atoms with Crippen LogP contribution in [0.25, 0.3) is 0 Å². The molecular formula is C14H20ClNO3S. The van der Waals surface area contributed by atoms with Gasteiger partial charge in [-0.15, -0.1) is 0 Å². The number of nitrogens with zero attached hydrogens (tertiary/aromatic N) is 1. The summed E-state index contributed by atoms with van der Waals surface area (Å²) in [4.78, 5) is 0.205. The van der Waals surface area contributed by atoms with Gasteiger partial charge in [0.2, 0.25) is 10.0 Å². The highest BCUT2D eigenvalue weighted by molar-refractivity contribution is 7.89. The number of aliphatic hydroxyl groups is 1. The molecule has 1 aliphatic rings. The molecule has 112 valence electrons. The predicted molar refractivity (Wildman–Crippen MR) is 79.1 cm³/mol. The lowest BCUT2D eigenvalue weighted by molar-refractivity contribution is 0.282. The molecule has 0 bridgehead atoms. The molecule has 1 aromatic rings. The molecule has 0 saturated carbocycles. The summed E-state index contributed by atoms with van der Waals surface area (Å²) in [6.07, 6.45) is 3.07. The van der Waals surface area contributed by atoms with E-state index in [9.17, 15) is 8.42 Å². The maximum Gasteiger partial charge on any atom is 0.243 e. The summed E-state index contributed by atoms with van der Waals surface area (Å²) in [5.41, 5.74) is 0.538. The Labute approximate surface area is 125 Å². The summed E-state index contributed by atoms with van der Waals surface area (Å²) in [6.45, 7) is 3.09. The smallest absolute Gasteiger partial charge is 0.243 e. The van der Waals surface area contributed by atoms with E-state index in [2.05, 4.69) is 6.92 Å². The third-order valence-corrected chi connectivity index (χ3v) is 5.99. The maximum atomic E-state index is 12.5. The molecule has 0 aliphatic carbocycles. The molecule has 2 rings (SSSR count). The summed E-state index contributed by atoms with van der Waals surface area (Å²) in [5.74, 6) is 0.460. The zero-order chi connectivity index (χ0) is 14.8. The molecule has 1 atom stereocenters. The van der Waals surface area contributed by atoms with Crippen molar-refractivity contribution in [1.82, 2.24) is 4.31 Å². The molecule has 20 heavy (non-hydrogen) atoms. The zero-order valence-corrected chi connectivity index (χ0v) is 13.1. The number of halogens is 1. The van der Waals surface area contributed by atoms with Gasteiger partial charge < -0.3 is 5.11 Å². The SMILES string of the molecule is CCCC1CCN(S(=O)(=O)c2ccc(CO)c(Cl)c2)C1. The van der Waals surface area contributed by atoms with Gasteiger partial charge in [-0.1, -0.05) is 31.0 Å². The molecule has 1 heterocycles. The van der Waals surface area contributed by atoms with Crippen molar-refractivity contribution in [3.05, 3.63) is 28.8 Å². The Balaban J connectivity index is 2.21. The van der Waals surface area contributed by atoms with Crippen LogP contribution in [0.5, 0.6) is 0 Å². The van der Waals surface area contributed by atoms with Crippen LogP contribution in [0.1, 0.15) is 31.7 Å². The van der Waals surface area contributed by atoms with Crippen molar-refractivity contribution in [3.8, 4) is 0 Å². The molecule has 1 fully saturated rings. The number of hydrogen-bond donors (Lipinski definition) is 1. The lowest BCUT2D eigenvalue weighted by Crippen LogP contribution is -2.29. The Bertz CT molecular complexity index is 574. The van der Waals surface area contributed by atoms with Gasteiger partial charge in [0.05, 0.1) is 11.5 Å². The average molecular weight is 318 g/mol. The van der Waals surface area contributed by atoms with E-state index in [0.717, 1.165) is 19.3 Å². The fourth-order valence-electron chi connectivity index (χ4n) is 2.63. The van der Waals surface area contributed by atoms with Gasteiger partial charge in [0.15, 0.2) is 0 Å². The molecule has 1 saturated heterocycles. The van der Waals surface area contributed by atoms with Gasteiger partial charge >= 0.3 is 0 Å². The first-order chi connectivity index (χ1) is 9.48. The Morgan fingerprint density at radius 3 is 2.80 bits per heavy atom. The van der Waals surface area contributed by atoms with Crippen LogP contribution in [0, 0.1) is 5.92 Å². The molecule has 0 amide bonds. The van der Waals surface area contributed by atoms with E-state index in [1.807, 2.05) is 0 Å². The predicted octanol–water partition coefficient (Wildman–Crippen LogP) is 2.64. The first-order valence-electron chi connectivity index (χ1n) is 6.88. The zero-order valence-electron chi connectivity index (χ0n) is 11.5. The normalized spacial score (nSPS) is 20.4. The van der Waals surface area contributed by atoms with E-state index in [1.54, 1.807) is 6.07 Å². The third kappa shape index (κ3) is 3.17. The minimum absolute atomic E-state index is 0.193. The lowest BCUT2D eigenvalue weighted by Gasteiger charge is -2.17. The van der Waals surface area contributed by atoms with Gasteiger partial charge in [-0.2, -0.15) is 4.31 Å². The summed E-state index contributed by atoms with van der Waals surface area (Å²) >= 11 is 5.98. The van der Waals surface area contributed by atoms with E-state index in [0.29, 0.717) is 24.6 Å². The first kappa shape index (κ1) is 15.8. The number of hydrogen-bond acceptors (Lipinski definition) is 3. The van der Waals surface area contributed by atoms with Crippen molar-refractivity contribution < 1.29 is 13.5 Å². The quantitative estimate of drug-likeness (QED) is 0.908. The summed E-state index contributed by atoms with van der Waals surface area (Å²) in [6, 6.07) is 4.50. The Morgan fingerprint density at radius 1 is 1.45 bits per heavy atom. The van der Waals surface area contributed by atoms with Gasteiger partial charge in [0.1, 0.15) is 0 Å². The minimum Gasteiger partial charge on any atom is -0.392 e. The topological polar surface area (TPSA) is 57.6 Å². The Kier molecular flexibility index (Phi) is 5.07. The minimum atomic E-state index is -3.47. The van der Waals surface area contributed by atoms with Crippen LogP contribution >= 0.6 is 11.6 Å². The fraction of sp³-hybridized carbons (Fsp3) is 0.571. The lowest BCUT2D eigenvalue weighted by atomic mass is 10.0. The molecule has 1 N–H and O–H groups in total. The molecule has 1 aromatic carbocycles. The number of aliphatic hydroxyl groups excluding tert-OH is 1. The Hall–Kier alpha value is -0.620. The molecule has 0 spiro atoms. The standard InChI is InChI=1S/C14H20ClNO3S/c1-2-3-11-6-7-16(9-11)20(18,19)13-5-4-12(10-17)14(15)8-13/h4-5,8,11,17H,2-3,6-7,9-10H2,1H3. The maximum absolute atomic E-state index is 12.5. The van der Waals surface area contributed by atoms with Crippen molar-refractivity contribution in [1.29, 1.82) is 0 Å². The Morgan fingerprint density at radius 2 is 2.20 bits per heavy atom. The second-order valence-electron chi connectivity index (χ2n) is 5.22. The number of sulfonamides is 1. The summed E-state index contributed by atoms with van der Waals surface area (Å²) < 4.78 is 26.6. The van der Waals surface area contributed by atoms with Crippen molar-refractivity contribution in [2.24, 2.45) is 5.92 Å². The highest BCUT2D eigenvalue weighted by atomic mass is 35.5. The van der Waals surface area contributed by atoms with Gasteiger partial charge in [0, 0.05) is 18.1 Å². The number of rotatable bonds is 5. The van der Waals surface area contributed by atoms with Gasteiger partial charge in [-0.25, -0.2) is 8.42 Å². The molecule has 0 aromatic heterocycles. The van der Waals surface area contributed by atoms with Crippen LogP contribution in [-0.4, -0.2) is 30.9 Å². The van der Waals surface area contributed by atoms with Gasteiger partial charge in [0.25, 0.3) is 0 Å². The molecular weight excluding hydrogens is 298 g/mol. The van der Waals surface area contributed by atoms with Crippen molar-refractivity contribution in [2.45, 2.75) is 37.7 Å². The van der Waals surface area contributed by atoms with Gasteiger partial charge in [-0.3, -0.25) is 0 Å². The summed E-state index contributed by atoms with van der Waals surface area (Å²) in [7, 11) is -3.47. The van der Waals surface area contributed by atoms with E-state index < -0.39 is 10.0 Å². The monoisotopic (exact) mass is 317 g/mol. The van der Waals surface area contributed by atoms with E-state index >= 15 is 0 Å². The molecule has 6 heteroatoms. The van der Waals surface area contributed by atoms with E-state index in [4.69, 9.17) is 16.7 Å². The summed E-state index contributed by atoms with van der Waals surface area (Å²) in [5, 5.41) is 9.36. The van der Waals surface area contributed by atoms with Crippen molar-refractivity contribution in [3.63, 3.8) is 0 Å². The van der Waals surface area contributed by atoms with Crippen LogP contribution in [-0.2, 0) is 16.6 Å². The second-order valence-corrected chi connectivity index (χ2v) is 7.56. The highest BCUT2D eigenvalue weighted by Crippen LogP contribution is 2.28. The molecule has 0 radical (unpaired) electrons. The van der Waals surface area contributed by atoms with Crippen LogP contribution in [0.3, 0.4) is 0 Å². The highest BCUT2D eigenvalue weighted by Gasteiger charge is 2.32. The van der Waals surface area contributed by atoms with Crippen molar-refractivity contribution >= 4 is 21.6 Å². The second kappa shape index (κ2) is 6.43. The van der Waals surface area contributed by atoms with E-state index in [-0.39, 0.29) is 16.5 Å². The largest absolute Gasteiger partial charge is 0.392 e. The van der Waals surface area contributed by atoms with Crippen LogP contribution < -0.4 is 0 Å². The van der Waals surface area contributed by atoms with Crippen LogP contribution in [0.15, 0.2) is 23.1 Å². The fourth-order valence-corrected chi connectivity index (χ4v) is 4.49. The molecule has 1 unspecified atom stereocenters.